The predicted molar refractivity (Wildman–Crippen MR) is 295 cm³/mol. The molecule has 0 amide bonds. The molecule has 0 fully saturated rings. The minimum absolute atomic E-state index is 0. The van der Waals surface area contributed by atoms with E-state index in [1.54, 1.807) is 0 Å². The third kappa shape index (κ3) is 12.4. The van der Waals surface area contributed by atoms with Crippen LogP contribution in [0.2, 0.25) is 0 Å². The van der Waals surface area contributed by atoms with Crippen LogP contribution in [0.5, 0.6) is 0 Å². The number of pyridine rings is 1. The number of nitrogens with zero attached hydrogens (tertiary/aromatic N) is 3. The average Bonchev–Trinajstić information content (AvgIpc) is 4.22. The summed E-state index contributed by atoms with van der Waals surface area (Å²) in [5, 5.41) is 0. The molecule has 0 atom stereocenters. The molecule has 0 aliphatic carbocycles. The van der Waals surface area contributed by atoms with Gasteiger partial charge < -0.3 is 26.9 Å². The molecule has 3 aromatic carbocycles. The predicted octanol–water partition coefficient (Wildman–Crippen LogP) is 14.8. The van der Waals surface area contributed by atoms with Crippen molar-refractivity contribution in [2.75, 3.05) is 0 Å². The van der Waals surface area contributed by atoms with E-state index >= 15 is 0 Å². The van der Waals surface area contributed by atoms with Crippen LogP contribution in [-0.4, -0.2) is 19.9 Å². The standard InChI is InChI=1S/C64H71N5.BrH/c1-5-6-7-8-9-10-11-12-13-14-15-16-17-18-19-20-43-69-44-41-52(42-45-69)64-59-39-37-57(67-59)62(50-29-23-47(3)24-30-50)55-35-33-53(65-55)61(49-27-21-46(2)22-28-49)54-34-36-56(66-54)63(58-38-40-60(64)68-58)51-31-25-48(4)26-32-51;/h21-42,44-45H,5-20,43H2,1-4H3,(H,65,66,67,68);1H. The van der Waals surface area contributed by atoms with Crippen molar-refractivity contribution in [3.63, 3.8) is 0 Å². The van der Waals surface area contributed by atoms with Crippen molar-refractivity contribution >= 4 is 46.4 Å². The molecule has 70 heavy (non-hydrogen) atoms. The van der Waals surface area contributed by atoms with Crippen molar-refractivity contribution in [2.45, 2.75) is 137 Å². The highest BCUT2D eigenvalue weighted by atomic mass is 79.9. The van der Waals surface area contributed by atoms with Crippen molar-refractivity contribution in [3.8, 4) is 44.5 Å². The summed E-state index contributed by atoms with van der Waals surface area (Å²) in [5.41, 5.74) is 20.1. The third-order valence-electron chi connectivity index (χ3n) is 14.2. The Labute approximate surface area is 428 Å². The average molecular weight is 991 g/mol. The molecule has 0 unspecified atom stereocenters. The maximum Gasteiger partial charge on any atom is 0.169 e. The van der Waals surface area contributed by atoms with Gasteiger partial charge in [-0.2, -0.15) is 0 Å². The van der Waals surface area contributed by atoms with E-state index in [-0.39, 0.29) is 17.0 Å². The van der Waals surface area contributed by atoms with E-state index in [0.717, 1.165) is 95.9 Å². The first-order chi connectivity index (χ1) is 33.9. The van der Waals surface area contributed by atoms with Gasteiger partial charge in [-0.05, 0) is 98.0 Å². The minimum atomic E-state index is 0. The smallest absolute Gasteiger partial charge is 0.169 e. The second-order valence-electron chi connectivity index (χ2n) is 19.7. The van der Waals surface area contributed by atoms with Gasteiger partial charge in [0.05, 0.1) is 22.8 Å². The van der Waals surface area contributed by atoms with Crippen LogP contribution in [0, 0.1) is 20.8 Å². The summed E-state index contributed by atoms with van der Waals surface area (Å²) in [7, 11) is 0. The first kappa shape index (κ1) is 50.3. The Morgan fingerprint density at radius 1 is 0.343 bits per heavy atom. The summed E-state index contributed by atoms with van der Waals surface area (Å²) in [5.74, 6) is 0. The fourth-order valence-electron chi connectivity index (χ4n) is 10.2. The minimum Gasteiger partial charge on any atom is -1.00 e. The molecule has 0 saturated carbocycles. The molecule has 2 N–H and O–H groups in total. The summed E-state index contributed by atoms with van der Waals surface area (Å²) in [6.07, 6.45) is 35.4. The zero-order valence-electron chi connectivity index (χ0n) is 42.1. The molecule has 9 rings (SSSR count). The summed E-state index contributed by atoms with van der Waals surface area (Å²) in [4.78, 5) is 18.8. The fourth-order valence-corrected chi connectivity index (χ4v) is 10.2. The lowest BCUT2D eigenvalue weighted by atomic mass is 10.0. The molecule has 360 valence electrons. The van der Waals surface area contributed by atoms with Crippen LogP contribution in [0.4, 0.5) is 0 Å². The van der Waals surface area contributed by atoms with Crippen LogP contribution in [0.3, 0.4) is 0 Å². The Morgan fingerprint density at radius 2 is 0.614 bits per heavy atom. The van der Waals surface area contributed by atoms with E-state index in [0.29, 0.717) is 0 Å². The van der Waals surface area contributed by atoms with Gasteiger partial charge in [-0.25, -0.2) is 14.5 Å². The number of nitrogens with one attached hydrogen (secondary N) is 2. The molecular formula is C64H72BrN5. The number of aryl methyl sites for hydroxylation is 4. The lowest BCUT2D eigenvalue weighted by molar-refractivity contribution is -0.697. The van der Waals surface area contributed by atoms with Crippen molar-refractivity contribution < 1.29 is 21.5 Å². The Kier molecular flexibility index (Phi) is 17.7. The number of fused-ring (bicyclic) bond motifs is 8. The summed E-state index contributed by atoms with van der Waals surface area (Å²) < 4.78 is 2.35. The maximum atomic E-state index is 5.53. The van der Waals surface area contributed by atoms with E-state index < -0.39 is 0 Å². The first-order valence-corrected chi connectivity index (χ1v) is 26.3. The molecule has 0 radical (unpaired) electrons. The number of unbranched alkanes of at least 4 members (excludes halogenated alkanes) is 15. The van der Waals surface area contributed by atoms with Gasteiger partial charge in [0.15, 0.2) is 12.4 Å². The SMILES string of the molecule is CCCCCCCCCCCCCCCCCC[n+]1ccc(-c2c3nc(c(-c4ccc(C)cc4)c4ccc([nH]4)c(-c4ccc(C)cc4)c4nc(c(-c5ccc(C)cc5)c5ccc2[nH]5)C=C4)C=C3)cc1.[Br-]. The largest absolute Gasteiger partial charge is 1.00 e. The van der Waals surface area contributed by atoms with Crippen molar-refractivity contribution in [1.29, 1.82) is 0 Å². The Bertz CT molecular complexity index is 3000. The molecule has 6 heteroatoms. The van der Waals surface area contributed by atoms with Crippen LogP contribution in [0.1, 0.15) is 149 Å². The number of hydrogen-bond acceptors (Lipinski definition) is 2. The highest BCUT2D eigenvalue weighted by Crippen LogP contribution is 2.38. The van der Waals surface area contributed by atoms with Gasteiger partial charge in [-0.15, -0.1) is 0 Å². The number of benzene rings is 3. The van der Waals surface area contributed by atoms with Crippen LogP contribution in [0.15, 0.2) is 122 Å². The number of aromatic amines is 2. The molecule has 8 bridgehead atoms. The molecule has 7 aromatic rings. The van der Waals surface area contributed by atoms with Crippen molar-refractivity contribution in [1.82, 2.24) is 19.9 Å². The van der Waals surface area contributed by atoms with Gasteiger partial charge in [-0.3, -0.25) is 0 Å². The Balaban J connectivity index is 0.00000659. The Morgan fingerprint density at radius 3 is 0.914 bits per heavy atom. The summed E-state index contributed by atoms with van der Waals surface area (Å²) in [6.45, 7) is 9.74. The van der Waals surface area contributed by atoms with Crippen molar-refractivity contribution in [2.24, 2.45) is 0 Å². The highest BCUT2D eigenvalue weighted by Gasteiger charge is 2.19. The lowest BCUT2D eigenvalue weighted by Gasteiger charge is -2.07. The van der Waals surface area contributed by atoms with E-state index in [1.807, 2.05) is 0 Å². The van der Waals surface area contributed by atoms with Gasteiger partial charge in [0.25, 0.3) is 0 Å². The zero-order chi connectivity index (χ0) is 47.4. The number of hydrogen-bond donors (Lipinski definition) is 2. The fraction of sp³-hybridized carbons (Fsp3) is 0.328. The normalized spacial score (nSPS) is 11.9. The summed E-state index contributed by atoms with van der Waals surface area (Å²) >= 11 is 0. The molecule has 6 heterocycles. The molecule has 0 spiro atoms. The number of halogens is 1. The maximum absolute atomic E-state index is 5.53. The van der Waals surface area contributed by atoms with Crippen LogP contribution < -0.4 is 21.5 Å². The van der Waals surface area contributed by atoms with E-state index in [2.05, 4.69) is 188 Å². The van der Waals surface area contributed by atoms with Gasteiger partial charge in [0.2, 0.25) is 0 Å². The lowest BCUT2D eigenvalue weighted by Crippen LogP contribution is -3.00. The van der Waals surface area contributed by atoms with E-state index in [4.69, 9.17) is 9.97 Å². The molecule has 4 aromatic heterocycles. The Hall–Kier alpha value is -6.11. The molecule has 2 aliphatic rings. The second-order valence-corrected chi connectivity index (χ2v) is 19.7. The molecule has 0 saturated heterocycles. The number of rotatable bonds is 21. The van der Waals surface area contributed by atoms with Gasteiger partial charge in [0.1, 0.15) is 6.54 Å². The van der Waals surface area contributed by atoms with Gasteiger partial charge in [-0.1, -0.05) is 186 Å². The molecular weight excluding hydrogens is 919 g/mol. The van der Waals surface area contributed by atoms with Gasteiger partial charge >= 0.3 is 0 Å². The molecule has 5 nitrogen and oxygen atoms in total. The monoisotopic (exact) mass is 989 g/mol. The van der Waals surface area contributed by atoms with E-state index in [9.17, 15) is 0 Å². The highest BCUT2D eigenvalue weighted by molar-refractivity contribution is 5.99. The van der Waals surface area contributed by atoms with Crippen LogP contribution in [-0.2, 0) is 6.54 Å². The topological polar surface area (TPSA) is 61.2 Å². The quantitative estimate of drug-likeness (QED) is 0.0557. The zero-order valence-corrected chi connectivity index (χ0v) is 43.7. The summed E-state index contributed by atoms with van der Waals surface area (Å²) in [6, 6.07) is 39.8. The van der Waals surface area contributed by atoms with E-state index in [1.165, 1.54) is 119 Å². The third-order valence-corrected chi connectivity index (χ3v) is 14.2. The van der Waals surface area contributed by atoms with Crippen LogP contribution >= 0.6 is 0 Å². The number of H-pyrrole nitrogens is 2. The molecule has 2 aliphatic heterocycles. The van der Waals surface area contributed by atoms with Crippen LogP contribution in [0.25, 0.3) is 90.9 Å². The van der Waals surface area contributed by atoms with Gasteiger partial charge in [0, 0.05) is 62.9 Å². The number of aromatic nitrogens is 5. The van der Waals surface area contributed by atoms with Crippen molar-refractivity contribution in [3.05, 3.63) is 161 Å². The second kappa shape index (κ2) is 24.6. The first-order valence-electron chi connectivity index (χ1n) is 26.3.